The third kappa shape index (κ3) is 3.73. The fourth-order valence-corrected chi connectivity index (χ4v) is 6.37. The van der Waals surface area contributed by atoms with Gasteiger partial charge in [-0.15, -0.1) is 11.3 Å². The van der Waals surface area contributed by atoms with Crippen LogP contribution in [0, 0.1) is 0 Å². The molecule has 0 radical (unpaired) electrons. The lowest BCUT2D eigenvalue weighted by Gasteiger charge is -2.25. The highest BCUT2D eigenvalue weighted by Crippen LogP contribution is 2.28. The van der Waals surface area contributed by atoms with Gasteiger partial charge in [-0.1, -0.05) is 6.42 Å². The summed E-state index contributed by atoms with van der Waals surface area (Å²) in [5.74, 6) is -0.345. The fraction of sp³-hybridized carbons (Fsp3) is 0.556. The van der Waals surface area contributed by atoms with Crippen molar-refractivity contribution in [3.05, 3.63) is 28.5 Å². The van der Waals surface area contributed by atoms with E-state index in [2.05, 4.69) is 22.2 Å². The van der Waals surface area contributed by atoms with E-state index in [0.29, 0.717) is 23.9 Å². The van der Waals surface area contributed by atoms with Crippen LogP contribution in [-0.4, -0.2) is 59.8 Å². The van der Waals surface area contributed by atoms with Gasteiger partial charge in [-0.05, 0) is 26.0 Å². The van der Waals surface area contributed by atoms with E-state index in [1.807, 2.05) is 0 Å². The van der Waals surface area contributed by atoms with E-state index in [1.54, 1.807) is 11.6 Å². The van der Waals surface area contributed by atoms with E-state index in [0.717, 1.165) is 44.5 Å². The molecule has 0 spiro atoms. The summed E-state index contributed by atoms with van der Waals surface area (Å²) in [5, 5.41) is 3.40. The second-order valence-corrected chi connectivity index (χ2v) is 10.5. The SMILES string of the molecule is CN1CCc2nc(NC(=O)c3cc(S(=O)(=O)N4CCCCC4)cn3C)sc2C1. The first-order valence-corrected chi connectivity index (χ1v) is 11.8. The number of carbonyl (C=O) groups excluding carboxylic acids is 1. The molecule has 0 aliphatic carbocycles. The largest absolute Gasteiger partial charge is 0.345 e. The molecule has 0 bridgehead atoms. The summed E-state index contributed by atoms with van der Waals surface area (Å²) in [7, 11) is 0.187. The highest BCUT2D eigenvalue weighted by Gasteiger charge is 2.29. The molecule has 152 valence electrons. The van der Waals surface area contributed by atoms with Crippen LogP contribution >= 0.6 is 11.3 Å². The van der Waals surface area contributed by atoms with Gasteiger partial charge in [0, 0.05) is 50.7 Å². The van der Waals surface area contributed by atoms with Crippen LogP contribution in [0.1, 0.15) is 40.3 Å². The molecule has 10 heteroatoms. The second-order valence-electron chi connectivity index (χ2n) is 7.47. The van der Waals surface area contributed by atoms with Crippen molar-refractivity contribution >= 4 is 32.4 Å². The van der Waals surface area contributed by atoms with Crippen molar-refractivity contribution in [2.45, 2.75) is 37.1 Å². The van der Waals surface area contributed by atoms with Crippen LogP contribution in [0.2, 0.25) is 0 Å². The van der Waals surface area contributed by atoms with Crippen molar-refractivity contribution in [1.82, 2.24) is 18.8 Å². The monoisotopic (exact) mass is 423 g/mol. The van der Waals surface area contributed by atoms with E-state index in [1.165, 1.54) is 32.8 Å². The Bertz CT molecular complexity index is 989. The van der Waals surface area contributed by atoms with Crippen molar-refractivity contribution in [2.24, 2.45) is 7.05 Å². The number of thiazole rings is 1. The zero-order valence-corrected chi connectivity index (χ0v) is 17.8. The number of rotatable bonds is 4. The summed E-state index contributed by atoms with van der Waals surface area (Å²) in [5.41, 5.74) is 1.35. The van der Waals surface area contributed by atoms with Crippen LogP contribution < -0.4 is 5.32 Å². The van der Waals surface area contributed by atoms with Gasteiger partial charge in [0.05, 0.1) is 5.69 Å². The standard InChI is InChI=1S/C18H25N5O3S2/c1-21-9-6-14-16(12-21)27-18(19-14)20-17(24)15-10-13(11-22(15)2)28(25,26)23-7-4-3-5-8-23/h10-11H,3-9,12H2,1-2H3,(H,19,20,24). The summed E-state index contributed by atoms with van der Waals surface area (Å²) in [4.78, 5) is 20.8. The van der Waals surface area contributed by atoms with Gasteiger partial charge in [0.15, 0.2) is 5.13 Å². The van der Waals surface area contributed by atoms with Gasteiger partial charge in [0.25, 0.3) is 5.91 Å². The molecule has 0 unspecified atom stereocenters. The smallest absolute Gasteiger partial charge is 0.274 e. The molecule has 1 fully saturated rings. The first-order valence-electron chi connectivity index (χ1n) is 9.49. The Balaban J connectivity index is 1.53. The van der Waals surface area contributed by atoms with Crippen molar-refractivity contribution in [3.8, 4) is 0 Å². The van der Waals surface area contributed by atoms with Crippen LogP contribution in [0.5, 0.6) is 0 Å². The minimum Gasteiger partial charge on any atom is -0.345 e. The third-order valence-electron chi connectivity index (χ3n) is 5.31. The molecule has 2 aromatic rings. The summed E-state index contributed by atoms with van der Waals surface area (Å²) < 4.78 is 28.8. The second kappa shape index (κ2) is 7.58. The molecule has 8 nitrogen and oxygen atoms in total. The Morgan fingerprint density at radius 3 is 2.68 bits per heavy atom. The molecule has 1 saturated heterocycles. The maximum absolute atomic E-state index is 12.9. The number of likely N-dealkylation sites (N-methyl/N-ethyl adjacent to an activating group) is 1. The number of hydrogen-bond donors (Lipinski definition) is 1. The number of piperidine rings is 1. The number of aryl methyl sites for hydroxylation is 1. The van der Waals surface area contributed by atoms with Crippen LogP contribution in [-0.2, 0) is 30.0 Å². The lowest BCUT2D eigenvalue weighted by molar-refractivity contribution is 0.101. The number of amides is 1. The van der Waals surface area contributed by atoms with E-state index in [9.17, 15) is 13.2 Å². The number of sulfonamides is 1. The molecule has 2 aliphatic rings. The zero-order valence-electron chi connectivity index (χ0n) is 16.1. The molecule has 28 heavy (non-hydrogen) atoms. The van der Waals surface area contributed by atoms with Gasteiger partial charge in [-0.25, -0.2) is 13.4 Å². The number of carbonyl (C=O) groups is 1. The molecule has 0 saturated carbocycles. The molecule has 2 aliphatic heterocycles. The molecule has 0 atom stereocenters. The fourth-order valence-electron chi connectivity index (χ4n) is 3.69. The normalized spacial score (nSPS) is 18.8. The number of fused-ring (bicyclic) bond motifs is 1. The number of anilines is 1. The molecule has 4 heterocycles. The predicted octanol–water partition coefficient (Wildman–Crippen LogP) is 1.90. The van der Waals surface area contributed by atoms with Crippen molar-refractivity contribution in [1.29, 1.82) is 0 Å². The predicted molar refractivity (Wildman–Crippen MR) is 108 cm³/mol. The minimum atomic E-state index is -3.56. The molecule has 0 aromatic carbocycles. The molecule has 1 N–H and O–H groups in total. The Labute approximate surface area is 169 Å². The van der Waals surface area contributed by atoms with Crippen molar-refractivity contribution < 1.29 is 13.2 Å². The van der Waals surface area contributed by atoms with E-state index in [4.69, 9.17) is 0 Å². The van der Waals surface area contributed by atoms with E-state index >= 15 is 0 Å². The molecule has 2 aromatic heterocycles. The van der Waals surface area contributed by atoms with Gasteiger partial charge in [0.2, 0.25) is 10.0 Å². The number of nitrogens with one attached hydrogen (secondary N) is 1. The zero-order chi connectivity index (χ0) is 19.9. The van der Waals surface area contributed by atoms with Gasteiger partial charge in [0.1, 0.15) is 10.6 Å². The third-order valence-corrected chi connectivity index (χ3v) is 8.17. The summed E-state index contributed by atoms with van der Waals surface area (Å²) in [6, 6.07) is 1.46. The number of nitrogens with zero attached hydrogens (tertiary/aromatic N) is 4. The maximum atomic E-state index is 12.9. The Morgan fingerprint density at radius 2 is 1.93 bits per heavy atom. The summed E-state index contributed by atoms with van der Waals surface area (Å²) in [6.45, 7) is 2.88. The highest BCUT2D eigenvalue weighted by molar-refractivity contribution is 7.89. The lowest BCUT2D eigenvalue weighted by Crippen LogP contribution is -2.35. The van der Waals surface area contributed by atoms with Gasteiger partial charge < -0.3 is 9.47 Å². The Kier molecular flexibility index (Phi) is 5.30. The summed E-state index contributed by atoms with van der Waals surface area (Å²) in [6.07, 6.45) is 5.20. The van der Waals surface area contributed by atoms with Crippen LogP contribution in [0.3, 0.4) is 0 Å². The first kappa shape index (κ1) is 19.6. The van der Waals surface area contributed by atoms with Crippen LogP contribution in [0.25, 0.3) is 0 Å². The maximum Gasteiger partial charge on any atom is 0.274 e. The highest BCUT2D eigenvalue weighted by atomic mass is 32.2. The average molecular weight is 424 g/mol. The molecule has 1 amide bonds. The van der Waals surface area contributed by atoms with E-state index in [-0.39, 0.29) is 10.8 Å². The van der Waals surface area contributed by atoms with Gasteiger partial charge in [-0.3, -0.25) is 10.1 Å². The Hall–Kier alpha value is -1.75. The average Bonchev–Trinajstić information content (AvgIpc) is 3.25. The lowest BCUT2D eigenvalue weighted by atomic mass is 10.2. The number of hydrogen-bond acceptors (Lipinski definition) is 6. The molecule has 4 rings (SSSR count). The number of aromatic nitrogens is 2. The Morgan fingerprint density at radius 1 is 1.18 bits per heavy atom. The summed E-state index contributed by atoms with van der Waals surface area (Å²) >= 11 is 1.48. The molecular formula is C18H25N5O3S2. The van der Waals surface area contributed by atoms with Gasteiger partial charge >= 0.3 is 0 Å². The van der Waals surface area contributed by atoms with Crippen LogP contribution in [0.15, 0.2) is 17.2 Å². The van der Waals surface area contributed by atoms with E-state index < -0.39 is 10.0 Å². The van der Waals surface area contributed by atoms with Crippen molar-refractivity contribution in [2.75, 3.05) is 32.0 Å². The van der Waals surface area contributed by atoms with Gasteiger partial charge in [-0.2, -0.15) is 4.31 Å². The molecular weight excluding hydrogens is 398 g/mol. The topological polar surface area (TPSA) is 87.5 Å². The quantitative estimate of drug-likeness (QED) is 0.812. The first-order chi connectivity index (χ1) is 13.3. The van der Waals surface area contributed by atoms with Crippen LogP contribution in [0.4, 0.5) is 5.13 Å². The van der Waals surface area contributed by atoms with Crippen molar-refractivity contribution in [3.63, 3.8) is 0 Å². The minimum absolute atomic E-state index is 0.169.